The maximum Gasteiger partial charge on any atom is 0.0788 e. The van der Waals surface area contributed by atoms with Gasteiger partial charge in [-0.05, 0) is 24.3 Å². The molecule has 0 radical (unpaired) electrons. The summed E-state index contributed by atoms with van der Waals surface area (Å²) in [5, 5.41) is 4.27. The van der Waals surface area contributed by atoms with Crippen LogP contribution in [0.2, 0.25) is 10.0 Å². The van der Waals surface area contributed by atoms with Gasteiger partial charge < -0.3 is 10.2 Å². The minimum atomic E-state index is 0.623. The van der Waals surface area contributed by atoms with Gasteiger partial charge in [0.15, 0.2) is 0 Å². The van der Waals surface area contributed by atoms with Crippen molar-refractivity contribution < 1.29 is 0 Å². The van der Waals surface area contributed by atoms with Crippen LogP contribution in [0.15, 0.2) is 42.5 Å². The van der Waals surface area contributed by atoms with E-state index in [9.17, 15) is 0 Å². The van der Waals surface area contributed by atoms with Crippen molar-refractivity contribution in [1.29, 1.82) is 0 Å². The highest BCUT2D eigenvalue weighted by molar-refractivity contribution is 6.39. The molecular weight excluding hydrogens is 267 g/mol. The number of para-hydroxylation sites is 1. The Kier molecular flexibility index (Phi) is 4.00. The summed E-state index contributed by atoms with van der Waals surface area (Å²) in [5.41, 5.74) is 2.75. The number of hydrogen-bond donors (Lipinski definition) is 1. The van der Waals surface area contributed by atoms with Crippen LogP contribution in [-0.2, 0) is 0 Å². The zero-order valence-corrected chi connectivity index (χ0v) is 11.8. The molecule has 0 atom stereocenters. The highest BCUT2D eigenvalue weighted by Gasteiger charge is 2.13. The molecule has 0 fully saturated rings. The number of rotatable bonds is 3. The van der Waals surface area contributed by atoms with Gasteiger partial charge in [0, 0.05) is 25.5 Å². The van der Waals surface area contributed by atoms with Gasteiger partial charge in [-0.3, -0.25) is 0 Å². The summed E-state index contributed by atoms with van der Waals surface area (Å²) in [6, 6.07) is 13.7. The molecule has 0 bridgehead atoms. The van der Waals surface area contributed by atoms with Crippen molar-refractivity contribution in [3.8, 4) is 0 Å². The van der Waals surface area contributed by atoms with Crippen LogP contribution in [0.25, 0.3) is 0 Å². The Morgan fingerprint density at radius 2 is 1.56 bits per heavy atom. The van der Waals surface area contributed by atoms with Crippen molar-refractivity contribution in [3.63, 3.8) is 0 Å². The molecule has 1 N–H and O–H groups in total. The van der Waals surface area contributed by atoms with Crippen LogP contribution < -0.4 is 10.2 Å². The number of halogens is 2. The summed E-state index contributed by atoms with van der Waals surface area (Å²) in [7, 11) is 3.78. The van der Waals surface area contributed by atoms with Crippen LogP contribution in [0.5, 0.6) is 0 Å². The van der Waals surface area contributed by atoms with Crippen molar-refractivity contribution in [2.45, 2.75) is 0 Å². The average molecular weight is 281 g/mol. The van der Waals surface area contributed by atoms with E-state index in [4.69, 9.17) is 23.2 Å². The molecule has 0 saturated heterocycles. The Hall–Kier alpha value is -1.38. The predicted octanol–water partition coefficient (Wildman–Crippen LogP) is 4.80. The maximum absolute atomic E-state index is 6.29. The summed E-state index contributed by atoms with van der Waals surface area (Å²) in [6.07, 6.45) is 0. The zero-order valence-electron chi connectivity index (χ0n) is 10.2. The summed E-state index contributed by atoms with van der Waals surface area (Å²) in [4.78, 5) is 1.98. The summed E-state index contributed by atoms with van der Waals surface area (Å²) in [5.74, 6) is 0. The fourth-order valence-corrected chi connectivity index (χ4v) is 2.55. The maximum atomic E-state index is 6.29. The van der Waals surface area contributed by atoms with Gasteiger partial charge in [-0.2, -0.15) is 0 Å². The Balaban J connectivity index is 2.45. The SMILES string of the molecule is CNc1cc(Cl)c(N(C)c2ccccc2)c(Cl)c1. The lowest BCUT2D eigenvalue weighted by molar-refractivity contribution is 1.21. The van der Waals surface area contributed by atoms with E-state index in [0.717, 1.165) is 17.1 Å². The second-order valence-electron chi connectivity index (χ2n) is 3.93. The van der Waals surface area contributed by atoms with E-state index >= 15 is 0 Å². The van der Waals surface area contributed by atoms with Crippen LogP contribution >= 0.6 is 23.2 Å². The molecule has 0 aliphatic rings. The van der Waals surface area contributed by atoms with Crippen LogP contribution in [0.4, 0.5) is 17.1 Å². The van der Waals surface area contributed by atoms with Crippen molar-refractivity contribution in [1.82, 2.24) is 0 Å². The molecule has 18 heavy (non-hydrogen) atoms. The first-order valence-electron chi connectivity index (χ1n) is 5.59. The fraction of sp³-hybridized carbons (Fsp3) is 0.143. The second kappa shape index (κ2) is 5.51. The largest absolute Gasteiger partial charge is 0.388 e. The van der Waals surface area contributed by atoms with Crippen LogP contribution in [0, 0.1) is 0 Å². The zero-order chi connectivity index (χ0) is 13.1. The lowest BCUT2D eigenvalue weighted by Crippen LogP contribution is -2.10. The monoisotopic (exact) mass is 280 g/mol. The van der Waals surface area contributed by atoms with Crippen molar-refractivity contribution >= 4 is 40.3 Å². The number of nitrogens with zero attached hydrogens (tertiary/aromatic N) is 1. The Bertz CT molecular complexity index is 518. The molecule has 2 aromatic carbocycles. The Morgan fingerprint density at radius 3 is 2.06 bits per heavy atom. The summed E-state index contributed by atoms with van der Waals surface area (Å²) >= 11 is 12.6. The van der Waals surface area contributed by atoms with Crippen LogP contribution in [0.3, 0.4) is 0 Å². The standard InChI is InChI=1S/C14H14Cl2N2/c1-17-10-8-12(15)14(13(16)9-10)18(2)11-6-4-3-5-7-11/h3-9,17H,1-2H3. The first-order valence-corrected chi connectivity index (χ1v) is 6.34. The summed E-state index contributed by atoms with van der Waals surface area (Å²) < 4.78 is 0. The molecule has 4 heteroatoms. The highest BCUT2D eigenvalue weighted by atomic mass is 35.5. The summed E-state index contributed by atoms with van der Waals surface area (Å²) in [6.45, 7) is 0. The molecule has 0 aliphatic carbocycles. The molecule has 2 rings (SSSR count). The smallest absolute Gasteiger partial charge is 0.0788 e. The Morgan fingerprint density at radius 1 is 1.00 bits per heavy atom. The molecule has 0 unspecified atom stereocenters. The molecule has 0 amide bonds. The molecule has 2 nitrogen and oxygen atoms in total. The fourth-order valence-electron chi connectivity index (χ4n) is 1.81. The first-order chi connectivity index (χ1) is 8.63. The van der Waals surface area contributed by atoms with Gasteiger partial charge in [0.1, 0.15) is 0 Å². The average Bonchev–Trinajstić information content (AvgIpc) is 2.38. The Labute approximate surface area is 117 Å². The van der Waals surface area contributed by atoms with Gasteiger partial charge in [-0.1, -0.05) is 41.4 Å². The molecule has 0 heterocycles. The van der Waals surface area contributed by atoms with Gasteiger partial charge >= 0.3 is 0 Å². The number of nitrogens with one attached hydrogen (secondary N) is 1. The van der Waals surface area contributed by atoms with Gasteiger partial charge in [-0.25, -0.2) is 0 Å². The highest BCUT2D eigenvalue weighted by Crippen LogP contribution is 2.39. The quantitative estimate of drug-likeness (QED) is 0.869. The van der Waals surface area contributed by atoms with Crippen LogP contribution in [0.1, 0.15) is 0 Å². The molecule has 0 aliphatic heterocycles. The molecule has 94 valence electrons. The molecule has 0 saturated carbocycles. The van der Waals surface area contributed by atoms with Crippen molar-refractivity contribution in [3.05, 3.63) is 52.5 Å². The molecule has 2 aromatic rings. The number of hydrogen-bond acceptors (Lipinski definition) is 2. The van der Waals surface area contributed by atoms with Crippen LogP contribution in [-0.4, -0.2) is 14.1 Å². The topological polar surface area (TPSA) is 15.3 Å². The molecule has 0 aromatic heterocycles. The minimum Gasteiger partial charge on any atom is -0.388 e. The van der Waals surface area contributed by atoms with Crippen molar-refractivity contribution in [2.24, 2.45) is 0 Å². The predicted molar refractivity (Wildman–Crippen MR) is 80.5 cm³/mol. The minimum absolute atomic E-state index is 0.623. The lowest BCUT2D eigenvalue weighted by atomic mass is 10.2. The van der Waals surface area contributed by atoms with Crippen molar-refractivity contribution in [2.75, 3.05) is 24.3 Å². The van der Waals surface area contributed by atoms with E-state index in [1.807, 2.05) is 61.5 Å². The van der Waals surface area contributed by atoms with Gasteiger partial charge in [-0.15, -0.1) is 0 Å². The van der Waals surface area contributed by atoms with Gasteiger partial charge in [0.05, 0.1) is 15.7 Å². The third-order valence-corrected chi connectivity index (χ3v) is 3.36. The van der Waals surface area contributed by atoms with Gasteiger partial charge in [0.2, 0.25) is 0 Å². The van der Waals surface area contributed by atoms with E-state index in [2.05, 4.69) is 5.32 Å². The van der Waals surface area contributed by atoms with E-state index in [1.54, 1.807) is 0 Å². The second-order valence-corrected chi connectivity index (χ2v) is 4.75. The van der Waals surface area contributed by atoms with E-state index < -0.39 is 0 Å². The molecular formula is C14H14Cl2N2. The van der Waals surface area contributed by atoms with E-state index in [0.29, 0.717) is 10.0 Å². The molecule has 0 spiro atoms. The van der Waals surface area contributed by atoms with E-state index in [1.165, 1.54) is 0 Å². The van der Waals surface area contributed by atoms with E-state index in [-0.39, 0.29) is 0 Å². The first kappa shape index (κ1) is 13.1. The van der Waals surface area contributed by atoms with Gasteiger partial charge in [0.25, 0.3) is 0 Å². The third kappa shape index (κ3) is 2.55. The third-order valence-electron chi connectivity index (χ3n) is 2.78. The lowest BCUT2D eigenvalue weighted by Gasteiger charge is -2.22. The number of benzene rings is 2. The normalized spacial score (nSPS) is 10.2. The number of anilines is 3.